The average Bonchev–Trinajstić information content (AvgIpc) is 2.97. The van der Waals surface area contributed by atoms with Crippen LogP contribution in [0.3, 0.4) is 0 Å². The van der Waals surface area contributed by atoms with Crippen LogP contribution in [-0.2, 0) is 28.1 Å². The zero-order chi connectivity index (χ0) is 32.2. The molecule has 1 amide bonds. The highest BCUT2D eigenvalue weighted by Crippen LogP contribution is 2.43. The van der Waals surface area contributed by atoms with Crippen molar-refractivity contribution < 1.29 is 42.6 Å². The van der Waals surface area contributed by atoms with Crippen LogP contribution in [0.5, 0.6) is 5.75 Å². The molecule has 6 atom stereocenters. The van der Waals surface area contributed by atoms with Gasteiger partial charge in [-0.3, -0.25) is 14.9 Å². The molecular weight excluding hydrogens is 612 g/mol. The Labute approximate surface area is 263 Å². The van der Waals surface area contributed by atoms with Crippen molar-refractivity contribution in [3.05, 3.63) is 68.7 Å². The predicted octanol–water partition coefficient (Wildman–Crippen LogP) is 5.38. The number of nitro groups is 1. The van der Waals surface area contributed by atoms with Crippen LogP contribution in [0.15, 0.2) is 42.5 Å². The van der Waals surface area contributed by atoms with Crippen molar-refractivity contribution in [2.45, 2.75) is 82.3 Å². The van der Waals surface area contributed by atoms with Gasteiger partial charge in [0.15, 0.2) is 25.9 Å². The van der Waals surface area contributed by atoms with E-state index in [1.807, 2.05) is 30.3 Å². The van der Waals surface area contributed by atoms with Crippen molar-refractivity contribution in [2.24, 2.45) is 5.73 Å². The van der Waals surface area contributed by atoms with Crippen molar-refractivity contribution in [3.8, 4) is 5.75 Å². The van der Waals surface area contributed by atoms with Gasteiger partial charge in [0.05, 0.1) is 24.7 Å². The summed E-state index contributed by atoms with van der Waals surface area (Å²) in [6.45, 7) is 11.4. The van der Waals surface area contributed by atoms with Crippen LogP contribution in [0.25, 0.3) is 0 Å². The second-order valence-corrected chi connectivity index (χ2v) is 17.4. The van der Waals surface area contributed by atoms with Gasteiger partial charge in [-0.1, -0.05) is 62.7 Å². The van der Waals surface area contributed by atoms with Gasteiger partial charge in [0.1, 0.15) is 30.2 Å². The third kappa shape index (κ3) is 7.77. The molecule has 0 spiro atoms. The monoisotopic (exact) mass is 652 g/mol. The largest absolute Gasteiger partial charge is 0.492 e. The Morgan fingerprint density at radius 2 is 1.84 bits per heavy atom. The van der Waals surface area contributed by atoms with Crippen LogP contribution in [0, 0.1) is 10.1 Å². The summed E-state index contributed by atoms with van der Waals surface area (Å²) in [6, 6.07) is 12.0. The number of methoxy groups -OCH3 is 1. The summed E-state index contributed by atoms with van der Waals surface area (Å²) in [5.41, 5.74) is 5.66. The number of hydrogen-bond acceptors (Lipinski definition) is 10. The van der Waals surface area contributed by atoms with Crippen molar-refractivity contribution in [3.63, 3.8) is 0 Å². The first-order valence-electron chi connectivity index (χ1n) is 14.4. The molecule has 0 aliphatic carbocycles. The minimum atomic E-state index is -2.33. The van der Waals surface area contributed by atoms with Crippen LogP contribution >= 0.6 is 11.6 Å². The van der Waals surface area contributed by atoms with Gasteiger partial charge in [-0.25, -0.2) is 0 Å². The maximum atomic E-state index is 11.7. The van der Waals surface area contributed by atoms with Gasteiger partial charge in [-0.15, -0.1) is 0 Å². The van der Waals surface area contributed by atoms with E-state index in [9.17, 15) is 14.9 Å². The number of amides is 1. The number of rotatable bonds is 12. The molecule has 2 aliphatic rings. The number of halogens is 1. The Hall–Kier alpha value is -2.62. The standard InChI is InChI=1S/C30H41ClN2O10Si/c1-30(2,3)44(5,6)43-25-24-22(17-40-28(42-24)18-11-8-7-9-12-18)41-29(37-4)26(25)39-14-10-13-38-21-16-19(27(32)34)15-20(23(21)31)33(35)36/h7-9,11-12,15-16,22,24-26,28-29H,10,13-14,17H2,1-6H3,(H2,32,34)/t22-,24-,25+,26-,28?,29+/m1/s1. The number of primary amides is 1. The van der Waals surface area contributed by atoms with Gasteiger partial charge in [0.25, 0.3) is 5.69 Å². The molecule has 12 nitrogen and oxygen atoms in total. The van der Waals surface area contributed by atoms with Crippen LogP contribution < -0.4 is 10.5 Å². The smallest absolute Gasteiger partial charge is 0.292 e. The van der Waals surface area contributed by atoms with Crippen LogP contribution in [0.2, 0.25) is 23.2 Å². The molecule has 242 valence electrons. The van der Waals surface area contributed by atoms with Crippen molar-refractivity contribution >= 4 is 31.5 Å². The number of hydrogen-bond donors (Lipinski definition) is 1. The predicted molar refractivity (Wildman–Crippen MR) is 164 cm³/mol. The molecule has 0 radical (unpaired) electrons. The van der Waals surface area contributed by atoms with Crippen LogP contribution in [0.1, 0.15) is 49.4 Å². The second kappa shape index (κ2) is 14.2. The first-order chi connectivity index (χ1) is 20.7. The zero-order valence-corrected chi connectivity index (χ0v) is 27.6. The van der Waals surface area contributed by atoms with Gasteiger partial charge in [-0.05, 0) is 24.2 Å². The second-order valence-electron chi connectivity index (χ2n) is 12.3. The summed E-state index contributed by atoms with van der Waals surface area (Å²) in [6.07, 6.45) is -3.08. The highest BCUT2D eigenvalue weighted by atomic mass is 35.5. The lowest BCUT2D eigenvalue weighted by Gasteiger charge is -2.51. The topological polar surface area (TPSA) is 151 Å². The van der Waals surface area contributed by atoms with Gasteiger partial charge in [0, 0.05) is 30.7 Å². The van der Waals surface area contributed by atoms with E-state index in [0.717, 1.165) is 11.6 Å². The molecule has 44 heavy (non-hydrogen) atoms. The molecule has 2 heterocycles. The number of benzene rings is 2. The number of ether oxygens (including phenoxy) is 6. The van der Waals surface area contributed by atoms with Gasteiger partial charge < -0.3 is 38.6 Å². The lowest BCUT2D eigenvalue weighted by molar-refractivity contribution is -0.384. The molecule has 2 saturated heterocycles. The van der Waals surface area contributed by atoms with E-state index in [-0.39, 0.29) is 34.6 Å². The SMILES string of the molecule is CO[C@H]1O[C@@H]2COC(c3ccccc3)O[C@H]2[C@H](O[Si](C)(C)C(C)(C)C)[C@H]1OCCCOc1cc(C(N)=O)cc([N+](=O)[O-])c1Cl. The fraction of sp³-hybridized carbons (Fsp3) is 0.567. The maximum absolute atomic E-state index is 11.7. The van der Waals surface area contributed by atoms with E-state index in [0.29, 0.717) is 13.0 Å². The Morgan fingerprint density at radius 3 is 2.45 bits per heavy atom. The molecular formula is C30H41ClN2O10Si. The van der Waals surface area contributed by atoms with E-state index >= 15 is 0 Å². The molecule has 2 N–H and O–H groups in total. The summed E-state index contributed by atoms with van der Waals surface area (Å²) < 4.78 is 43.6. The maximum Gasteiger partial charge on any atom is 0.292 e. The fourth-order valence-electron chi connectivity index (χ4n) is 4.77. The lowest BCUT2D eigenvalue weighted by Crippen LogP contribution is -2.66. The number of fused-ring (bicyclic) bond motifs is 1. The van der Waals surface area contributed by atoms with Crippen molar-refractivity contribution in [2.75, 3.05) is 26.9 Å². The van der Waals surface area contributed by atoms with Crippen molar-refractivity contribution in [1.82, 2.24) is 0 Å². The normalized spacial score (nSPS) is 25.7. The molecule has 2 fully saturated rings. The number of carbonyl (C=O) groups is 1. The number of nitrogens with zero attached hydrogens (tertiary/aromatic N) is 1. The molecule has 1 unspecified atom stereocenters. The molecule has 2 aliphatic heterocycles. The zero-order valence-electron chi connectivity index (χ0n) is 25.8. The summed E-state index contributed by atoms with van der Waals surface area (Å²) in [5.74, 6) is -0.855. The first-order valence-corrected chi connectivity index (χ1v) is 17.7. The molecule has 0 bridgehead atoms. The minimum Gasteiger partial charge on any atom is -0.492 e. The third-order valence-electron chi connectivity index (χ3n) is 8.18. The number of nitro benzene ring substituents is 1. The van der Waals surface area contributed by atoms with Gasteiger partial charge in [-0.2, -0.15) is 0 Å². The third-order valence-corrected chi connectivity index (χ3v) is 13.0. The molecule has 0 saturated carbocycles. The number of nitrogens with two attached hydrogens (primary N) is 1. The van der Waals surface area contributed by atoms with Crippen LogP contribution in [0.4, 0.5) is 5.69 Å². The summed E-state index contributed by atoms with van der Waals surface area (Å²) in [4.78, 5) is 22.4. The van der Waals surface area contributed by atoms with E-state index in [4.69, 9.17) is 50.2 Å². The lowest BCUT2D eigenvalue weighted by atomic mass is 9.97. The van der Waals surface area contributed by atoms with E-state index < -0.39 is 61.8 Å². The number of carbonyl (C=O) groups excluding carboxylic acids is 1. The molecule has 4 rings (SSSR count). The Morgan fingerprint density at radius 1 is 1.14 bits per heavy atom. The van der Waals surface area contributed by atoms with Crippen molar-refractivity contribution in [1.29, 1.82) is 0 Å². The minimum absolute atomic E-state index is 0.0185. The Bertz CT molecular complexity index is 1310. The summed E-state index contributed by atoms with van der Waals surface area (Å²) >= 11 is 6.17. The van der Waals surface area contributed by atoms with E-state index in [1.165, 1.54) is 6.07 Å². The summed E-state index contributed by atoms with van der Waals surface area (Å²) in [7, 11) is -0.785. The fourth-order valence-corrected chi connectivity index (χ4v) is 6.30. The van der Waals surface area contributed by atoms with Gasteiger partial charge in [0.2, 0.25) is 5.91 Å². The van der Waals surface area contributed by atoms with E-state index in [2.05, 4.69) is 33.9 Å². The van der Waals surface area contributed by atoms with Crippen LogP contribution in [-0.4, -0.2) is 76.8 Å². The van der Waals surface area contributed by atoms with E-state index in [1.54, 1.807) is 7.11 Å². The Balaban J connectivity index is 1.50. The summed E-state index contributed by atoms with van der Waals surface area (Å²) in [5, 5.41) is 11.1. The van der Waals surface area contributed by atoms with Gasteiger partial charge >= 0.3 is 0 Å². The molecule has 2 aromatic carbocycles. The molecule has 0 aromatic heterocycles. The molecule has 2 aromatic rings. The quantitative estimate of drug-likeness (QED) is 0.137. The highest BCUT2D eigenvalue weighted by Gasteiger charge is 2.54. The Kier molecular flexibility index (Phi) is 11.1. The molecule has 14 heteroatoms. The highest BCUT2D eigenvalue weighted by molar-refractivity contribution is 6.74. The average molecular weight is 653 g/mol. The first kappa shape index (κ1) is 34.3.